The lowest BCUT2D eigenvalue weighted by molar-refractivity contribution is 0.305. The third kappa shape index (κ3) is 5.48. The van der Waals surface area contributed by atoms with E-state index in [1.54, 1.807) is 12.1 Å². The molecule has 0 heterocycles. The highest BCUT2D eigenvalue weighted by Crippen LogP contribution is 2.19. The van der Waals surface area contributed by atoms with Crippen molar-refractivity contribution in [2.75, 3.05) is 6.61 Å². The molecule has 0 spiro atoms. The molecule has 0 saturated heterocycles. The van der Waals surface area contributed by atoms with E-state index in [1.807, 2.05) is 36.4 Å². The number of phenolic OH excluding ortho intramolecular Hbond substituents is 1. The summed E-state index contributed by atoms with van der Waals surface area (Å²) in [6.07, 6.45) is 8.61. The summed E-state index contributed by atoms with van der Waals surface area (Å²) in [5, 5.41) is 18.5. The van der Waals surface area contributed by atoms with Gasteiger partial charge in [0.1, 0.15) is 11.5 Å². The largest absolute Gasteiger partial charge is 0.508 e. The highest BCUT2D eigenvalue weighted by atomic mass is 16.5. The van der Waals surface area contributed by atoms with Crippen molar-refractivity contribution in [2.45, 2.75) is 32.6 Å². The number of aromatic hydroxyl groups is 1. The average molecular weight is 321 g/mol. The van der Waals surface area contributed by atoms with Gasteiger partial charge in [0.2, 0.25) is 0 Å². The van der Waals surface area contributed by atoms with Crippen LogP contribution in [0.15, 0.2) is 42.5 Å². The normalized spacial score (nSPS) is 10.7. The highest BCUT2D eigenvalue weighted by molar-refractivity contribution is 5.73. The molecular formula is C21H23NO2. The summed E-state index contributed by atoms with van der Waals surface area (Å²) in [6.45, 7) is 2.96. The number of nitrogens with zero attached hydrogens (tertiary/aromatic N) is 1. The summed E-state index contributed by atoms with van der Waals surface area (Å²) < 4.78 is 5.73. The van der Waals surface area contributed by atoms with Gasteiger partial charge < -0.3 is 9.84 Å². The van der Waals surface area contributed by atoms with E-state index in [4.69, 9.17) is 10.00 Å². The topological polar surface area (TPSA) is 53.2 Å². The zero-order valence-electron chi connectivity index (χ0n) is 14.0. The van der Waals surface area contributed by atoms with Gasteiger partial charge in [0.25, 0.3) is 0 Å². The van der Waals surface area contributed by atoms with Crippen LogP contribution in [0.5, 0.6) is 11.5 Å². The van der Waals surface area contributed by atoms with Crippen molar-refractivity contribution in [1.29, 1.82) is 5.26 Å². The van der Waals surface area contributed by atoms with E-state index in [9.17, 15) is 5.11 Å². The Morgan fingerprint density at radius 2 is 1.83 bits per heavy atom. The van der Waals surface area contributed by atoms with Crippen molar-refractivity contribution < 1.29 is 9.84 Å². The van der Waals surface area contributed by atoms with Crippen molar-refractivity contribution in [3.63, 3.8) is 0 Å². The standard InChI is InChI=1S/C21H23NO2/c1-2-3-4-5-14-24-21-12-7-17(8-13-21)6-9-18-10-11-20(23)15-19(18)16-22/h6-13,15,23H,2-5,14H2,1H3. The summed E-state index contributed by atoms with van der Waals surface area (Å²) >= 11 is 0. The van der Waals surface area contributed by atoms with Gasteiger partial charge in [-0.2, -0.15) is 5.26 Å². The molecule has 0 aliphatic heterocycles. The predicted molar refractivity (Wildman–Crippen MR) is 97.8 cm³/mol. The third-order valence-electron chi connectivity index (χ3n) is 3.76. The fraction of sp³-hybridized carbons (Fsp3) is 0.286. The van der Waals surface area contributed by atoms with Crippen molar-refractivity contribution in [3.8, 4) is 17.6 Å². The molecule has 24 heavy (non-hydrogen) atoms. The minimum absolute atomic E-state index is 0.101. The Hall–Kier alpha value is -2.73. The molecular weight excluding hydrogens is 298 g/mol. The van der Waals surface area contributed by atoms with Crippen molar-refractivity contribution in [2.24, 2.45) is 0 Å². The monoisotopic (exact) mass is 321 g/mol. The molecule has 2 aromatic rings. The van der Waals surface area contributed by atoms with E-state index in [2.05, 4.69) is 13.0 Å². The quantitative estimate of drug-likeness (QED) is 0.523. The first-order valence-corrected chi connectivity index (χ1v) is 8.37. The highest BCUT2D eigenvalue weighted by Gasteiger charge is 2.00. The van der Waals surface area contributed by atoms with Crippen LogP contribution in [-0.4, -0.2) is 11.7 Å². The Bertz CT molecular complexity index is 712. The minimum atomic E-state index is 0.101. The van der Waals surface area contributed by atoms with Crippen LogP contribution in [0.25, 0.3) is 12.2 Å². The van der Waals surface area contributed by atoms with Crippen LogP contribution < -0.4 is 4.74 Å². The summed E-state index contributed by atoms with van der Waals surface area (Å²) in [5.74, 6) is 0.982. The number of benzene rings is 2. The summed E-state index contributed by atoms with van der Waals surface area (Å²) in [5.41, 5.74) is 2.27. The number of unbranched alkanes of at least 4 members (excludes halogenated alkanes) is 3. The second-order valence-corrected chi connectivity index (χ2v) is 5.69. The number of hydrogen-bond acceptors (Lipinski definition) is 3. The minimum Gasteiger partial charge on any atom is -0.508 e. The number of nitriles is 1. The Kier molecular flexibility index (Phi) is 6.91. The molecule has 124 valence electrons. The second kappa shape index (κ2) is 9.42. The van der Waals surface area contributed by atoms with Crippen molar-refractivity contribution >= 4 is 12.2 Å². The molecule has 0 saturated carbocycles. The van der Waals surface area contributed by atoms with E-state index < -0.39 is 0 Å². The van der Waals surface area contributed by atoms with Gasteiger partial charge in [0.05, 0.1) is 18.2 Å². The molecule has 0 aromatic heterocycles. The SMILES string of the molecule is CCCCCCOc1ccc(C=Cc2ccc(O)cc2C#N)cc1. The zero-order valence-corrected chi connectivity index (χ0v) is 14.0. The Morgan fingerprint density at radius 1 is 1.04 bits per heavy atom. The number of hydrogen-bond donors (Lipinski definition) is 1. The molecule has 0 unspecified atom stereocenters. The van der Waals surface area contributed by atoms with Gasteiger partial charge in [-0.15, -0.1) is 0 Å². The Labute approximate surface area is 143 Å². The molecule has 2 aromatic carbocycles. The van der Waals surface area contributed by atoms with E-state index >= 15 is 0 Å². The summed E-state index contributed by atoms with van der Waals surface area (Å²) in [6, 6.07) is 14.8. The van der Waals surface area contributed by atoms with Crippen molar-refractivity contribution in [3.05, 3.63) is 59.2 Å². The molecule has 0 fully saturated rings. The van der Waals surface area contributed by atoms with Crippen LogP contribution in [0.3, 0.4) is 0 Å². The van der Waals surface area contributed by atoms with Crippen LogP contribution in [0.1, 0.15) is 49.3 Å². The first kappa shape index (κ1) is 17.6. The number of rotatable bonds is 8. The maximum Gasteiger partial charge on any atom is 0.119 e. The average Bonchev–Trinajstić information content (AvgIpc) is 2.61. The first-order valence-electron chi connectivity index (χ1n) is 8.37. The van der Waals surface area contributed by atoms with Gasteiger partial charge in [-0.3, -0.25) is 0 Å². The lowest BCUT2D eigenvalue weighted by atomic mass is 10.1. The smallest absolute Gasteiger partial charge is 0.119 e. The fourth-order valence-electron chi connectivity index (χ4n) is 2.37. The molecule has 0 aliphatic carbocycles. The van der Waals surface area contributed by atoms with Crippen LogP contribution in [0.4, 0.5) is 0 Å². The third-order valence-corrected chi connectivity index (χ3v) is 3.76. The van der Waals surface area contributed by atoms with Gasteiger partial charge >= 0.3 is 0 Å². The first-order chi connectivity index (χ1) is 11.7. The van der Waals surface area contributed by atoms with Gasteiger partial charge in [-0.05, 0) is 47.9 Å². The lowest BCUT2D eigenvalue weighted by Gasteiger charge is -2.06. The molecule has 3 nitrogen and oxygen atoms in total. The van der Waals surface area contributed by atoms with E-state index in [1.165, 1.54) is 25.3 Å². The molecule has 3 heteroatoms. The molecule has 2 rings (SSSR count). The maximum absolute atomic E-state index is 9.41. The molecule has 0 amide bonds. The molecule has 1 N–H and O–H groups in total. The number of phenols is 1. The molecule has 0 atom stereocenters. The lowest BCUT2D eigenvalue weighted by Crippen LogP contribution is -1.96. The number of ether oxygens (including phenoxy) is 1. The van der Waals surface area contributed by atoms with Crippen LogP contribution in [-0.2, 0) is 0 Å². The van der Waals surface area contributed by atoms with Gasteiger partial charge in [-0.1, -0.05) is 50.5 Å². The van der Waals surface area contributed by atoms with Crippen LogP contribution in [0.2, 0.25) is 0 Å². The fourth-order valence-corrected chi connectivity index (χ4v) is 2.37. The van der Waals surface area contributed by atoms with E-state index in [-0.39, 0.29) is 5.75 Å². The molecule has 0 aliphatic rings. The van der Waals surface area contributed by atoms with Gasteiger partial charge in [0, 0.05) is 0 Å². The van der Waals surface area contributed by atoms with E-state index in [0.717, 1.165) is 29.9 Å². The van der Waals surface area contributed by atoms with Gasteiger partial charge in [-0.25, -0.2) is 0 Å². The maximum atomic E-state index is 9.41. The Balaban J connectivity index is 1.93. The summed E-state index contributed by atoms with van der Waals surface area (Å²) in [7, 11) is 0. The second-order valence-electron chi connectivity index (χ2n) is 5.69. The molecule has 0 radical (unpaired) electrons. The molecule has 0 bridgehead atoms. The van der Waals surface area contributed by atoms with Crippen LogP contribution in [0, 0.1) is 11.3 Å². The Morgan fingerprint density at radius 3 is 2.54 bits per heavy atom. The summed E-state index contributed by atoms with van der Waals surface area (Å²) in [4.78, 5) is 0. The van der Waals surface area contributed by atoms with E-state index in [0.29, 0.717) is 5.56 Å². The zero-order chi connectivity index (χ0) is 17.2. The van der Waals surface area contributed by atoms with Crippen molar-refractivity contribution in [1.82, 2.24) is 0 Å². The van der Waals surface area contributed by atoms with Crippen LogP contribution >= 0.6 is 0 Å². The van der Waals surface area contributed by atoms with Gasteiger partial charge in [0.15, 0.2) is 0 Å². The predicted octanol–water partition coefficient (Wildman–Crippen LogP) is 5.39.